The Labute approximate surface area is 266 Å². The fraction of sp³-hybridized carbons (Fsp3) is 0.303. The van der Waals surface area contributed by atoms with Crippen LogP contribution in [0.4, 0.5) is 0 Å². The molecule has 0 saturated heterocycles. The summed E-state index contributed by atoms with van der Waals surface area (Å²) in [6.45, 7) is 16.1. The van der Waals surface area contributed by atoms with Gasteiger partial charge in [-0.2, -0.15) is 11.1 Å². The first-order valence-corrected chi connectivity index (χ1v) is 14.4. The van der Waals surface area contributed by atoms with Crippen LogP contribution in [0.5, 0.6) is 0 Å². The fourth-order valence-corrected chi connectivity index (χ4v) is 7.83. The Balaban J connectivity index is 0.00000342. The van der Waals surface area contributed by atoms with Gasteiger partial charge in [0.05, 0.1) is 9.52 Å². The van der Waals surface area contributed by atoms with Gasteiger partial charge in [0.25, 0.3) is 0 Å². The zero-order valence-electron chi connectivity index (χ0n) is 23.7. The predicted octanol–water partition coefficient (Wildman–Crippen LogP) is -1.67. The monoisotopic (exact) mass is 616 g/mol. The number of hydrogen-bond acceptors (Lipinski definition) is 0. The van der Waals surface area contributed by atoms with Gasteiger partial charge in [-0.15, -0.1) is 16.7 Å². The maximum Gasteiger partial charge on any atom is 4.00 e. The first kappa shape index (κ1) is 36.8. The Morgan fingerprint density at radius 1 is 0.684 bits per heavy atom. The van der Waals surface area contributed by atoms with Crippen molar-refractivity contribution in [1.82, 2.24) is 0 Å². The minimum atomic E-state index is -0.606. The summed E-state index contributed by atoms with van der Waals surface area (Å²) in [5, 5.41) is 1.53. The molecule has 0 fully saturated rings. The van der Waals surface area contributed by atoms with Gasteiger partial charge in [0.15, 0.2) is 0 Å². The van der Waals surface area contributed by atoms with Crippen LogP contribution in [0.25, 0.3) is 11.1 Å². The second-order valence-corrected chi connectivity index (χ2v) is 12.1. The van der Waals surface area contributed by atoms with Crippen molar-refractivity contribution < 1.29 is 58.9 Å². The molecule has 4 rings (SSSR count). The van der Waals surface area contributed by atoms with Crippen LogP contribution in [0, 0.1) is 34.6 Å². The molecule has 200 valence electrons. The molecule has 0 bridgehead atoms. The van der Waals surface area contributed by atoms with Crippen molar-refractivity contribution in [3.63, 3.8) is 0 Å². The van der Waals surface area contributed by atoms with Crippen molar-refractivity contribution in [2.45, 2.75) is 66.8 Å². The van der Waals surface area contributed by atoms with Crippen molar-refractivity contribution in [2.24, 2.45) is 0 Å². The number of benzene rings is 3. The predicted molar refractivity (Wildman–Crippen MR) is 153 cm³/mol. The third-order valence-electron chi connectivity index (χ3n) is 7.61. The molecule has 0 radical (unpaired) electrons. The van der Waals surface area contributed by atoms with Crippen LogP contribution >= 0.6 is 0 Å². The Hall–Kier alpha value is -1.19. The van der Waals surface area contributed by atoms with Crippen LogP contribution in [0.2, 0.25) is 0 Å². The number of hydrogen-bond donors (Lipinski definition) is 0. The summed E-state index contributed by atoms with van der Waals surface area (Å²) < 4.78 is 0. The summed E-state index contributed by atoms with van der Waals surface area (Å²) in [4.78, 5) is 0. The molecular formula is C33H39Cl3SiTi. The Kier molecular flexibility index (Phi) is 15.7. The molecule has 0 saturated carbocycles. The normalized spacial score (nSPS) is 11.2. The maximum absolute atomic E-state index is 2.45. The number of aryl methyl sites for hydroxylation is 4. The zero-order valence-corrected chi connectivity index (χ0v) is 28.9. The third kappa shape index (κ3) is 7.94. The van der Waals surface area contributed by atoms with Crippen LogP contribution in [0.15, 0.2) is 66.7 Å². The van der Waals surface area contributed by atoms with Crippen molar-refractivity contribution in [1.29, 1.82) is 0 Å². The van der Waals surface area contributed by atoms with Gasteiger partial charge in [-0.25, -0.2) is 0 Å². The van der Waals surface area contributed by atoms with Gasteiger partial charge >= 0.3 is 21.7 Å². The Morgan fingerprint density at radius 2 is 1.21 bits per heavy atom. The topological polar surface area (TPSA) is 0 Å². The molecule has 4 aromatic rings. The van der Waals surface area contributed by atoms with E-state index in [2.05, 4.69) is 115 Å². The fourth-order valence-electron chi connectivity index (χ4n) is 5.63. The summed E-state index contributed by atoms with van der Waals surface area (Å²) in [5.41, 5.74) is 16.4. The molecule has 1 atom stereocenters. The van der Waals surface area contributed by atoms with E-state index in [0.717, 1.165) is 12.8 Å². The van der Waals surface area contributed by atoms with Gasteiger partial charge in [-0.3, -0.25) is 0 Å². The summed E-state index contributed by atoms with van der Waals surface area (Å²) >= 11 is 0. The summed E-state index contributed by atoms with van der Waals surface area (Å²) in [6.07, 6.45) is 2.15. The third-order valence-corrected chi connectivity index (χ3v) is 9.84. The molecule has 0 aromatic heterocycles. The summed E-state index contributed by atoms with van der Waals surface area (Å²) in [6, 6.07) is 25.7. The van der Waals surface area contributed by atoms with E-state index in [4.69, 9.17) is 0 Å². The van der Waals surface area contributed by atoms with Crippen molar-refractivity contribution in [3.8, 4) is 11.1 Å². The minimum Gasteiger partial charge on any atom is -1.00 e. The van der Waals surface area contributed by atoms with Crippen molar-refractivity contribution >= 4 is 14.7 Å². The largest absolute Gasteiger partial charge is 4.00 e. The van der Waals surface area contributed by atoms with Crippen LogP contribution in [-0.4, -0.2) is 9.52 Å². The standard InChI is InChI=1S/C33H39Si.3ClH.Ti/c1-8-26-18-27(9-2)20-28(19-26)31-24(6)23(5)25(7)32(31)33(34-30-13-11-10-12-14-30)29-16-21(3)15-22(4)17-29;;;;/h10-20,33H,8-9,34H2,1-7H3;3*1H;/q-1;;;;+4/p-3. The number of halogens is 3. The molecular weight excluding hydrogens is 579 g/mol. The molecule has 5 heteroatoms. The molecule has 38 heavy (non-hydrogen) atoms. The molecule has 0 nitrogen and oxygen atoms in total. The minimum absolute atomic E-state index is 0. The van der Waals surface area contributed by atoms with Gasteiger partial charge in [0, 0.05) is 0 Å². The van der Waals surface area contributed by atoms with Crippen molar-refractivity contribution in [3.05, 3.63) is 117 Å². The quantitative estimate of drug-likeness (QED) is 0.172. The smallest absolute Gasteiger partial charge is 1.00 e. The van der Waals surface area contributed by atoms with Gasteiger partial charge in [0.2, 0.25) is 0 Å². The molecule has 0 aliphatic rings. The molecule has 0 aliphatic carbocycles. The second-order valence-electron chi connectivity index (χ2n) is 10.1. The van der Waals surface area contributed by atoms with Gasteiger partial charge in [-0.1, -0.05) is 140 Å². The van der Waals surface area contributed by atoms with E-state index < -0.39 is 9.52 Å². The zero-order chi connectivity index (χ0) is 24.4. The molecule has 0 amide bonds. The van der Waals surface area contributed by atoms with E-state index in [1.54, 1.807) is 5.56 Å². The van der Waals surface area contributed by atoms with Crippen LogP contribution in [0.1, 0.15) is 69.5 Å². The molecule has 0 heterocycles. The van der Waals surface area contributed by atoms with E-state index in [1.807, 2.05) is 0 Å². The van der Waals surface area contributed by atoms with E-state index in [1.165, 1.54) is 60.8 Å². The number of rotatable bonds is 7. The Bertz CT molecular complexity index is 1270. The van der Waals surface area contributed by atoms with Crippen LogP contribution < -0.4 is 42.4 Å². The maximum atomic E-state index is 2.45. The summed E-state index contributed by atoms with van der Waals surface area (Å²) in [7, 11) is -0.606. The van der Waals surface area contributed by atoms with Crippen LogP contribution in [0.3, 0.4) is 0 Å². The van der Waals surface area contributed by atoms with E-state index in [-0.39, 0.29) is 58.9 Å². The first-order chi connectivity index (χ1) is 16.3. The van der Waals surface area contributed by atoms with Gasteiger partial charge in [-0.05, 0) is 32.2 Å². The molecule has 0 N–H and O–H groups in total. The van der Waals surface area contributed by atoms with Gasteiger partial charge < -0.3 is 37.2 Å². The first-order valence-electron chi connectivity index (χ1n) is 12.8. The molecule has 0 spiro atoms. The van der Waals surface area contributed by atoms with Crippen molar-refractivity contribution in [2.75, 3.05) is 0 Å². The van der Waals surface area contributed by atoms with E-state index >= 15 is 0 Å². The average Bonchev–Trinajstić information content (AvgIpc) is 3.06. The van der Waals surface area contributed by atoms with E-state index in [9.17, 15) is 0 Å². The van der Waals surface area contributed by atoms with Crippen LogP contribution in [-0.2, 0) is 34.6 Å². The second kappa shape index (κ2) is 16.2. The van der Waals surface area contributed by atoms with Gasteiger partial charge in [0.1, 0.15) is 0 Å². The van der Waals surface area contributed by atoms with E-state index in [0.29, 0.717) is 5.54 Å². The molecule has 4 aromatic carbocycles. The average molecular weight is 618 g/mol. The Morgan fingerprint density at radius 3 is 1.71 bits per heavy atom. The molecule has 1 unspecified atom stereocenters. The summed E-state index contributed by atoms with van der Waals surface area (Å²) in [5.74, 6) is 0. The molecule has 0 aliphatic heterocycles. The SMILES string of the molecule is CCc1cc(CC)cc(-c2c(C)c(C)c(C)[c-]2C([SiH2]c2ccccc2)c2cc(C)cc(C)c2)c1.[Cl-].[Cl-].[Cl-].[Ti+4].